The topological polar surface area (TPSA) is 58.8 Å². The van der Waals surface area contributed by atoms with Crippen LogP contribution in [-0.2, 0) is 11.3 Å². The highest BCUT2D eigenvalue weighted by Crippen LogP contribution is 2.30. The van der Waals surface area contributed by atoms with Crippen molar-refractivity contribution in [2.24, 2.45) is 0 Å². The molecular formula is C25H29N3O3S. The Labute approximate surface area is 192 Å². The monoisotopic (exact) mass is 451 g/mol. The second-order valence-electron chi connectivity index (χ2n) is 8.52. The van der Waals surface area contributed by atoms with Gasteiger partial charge in [-0.1, -0.05) is 6.07 Å². The van der Waals surface area contributed by atoms with Gasteiger partial charge in [0.25, 0.3) is 5.91 Å². The fourth-order valence-corrected chi connectivity index (χ4v) is 5.08. The van der Waals surface area contributed by atoms with Crippen molar-refractivity contribution in [3.05, 3.63) is 54.0 Å². The number of aromatic nitrogens is 1. The number of thioether (sulfide) groups is 1. The lowest BCUT2D eigenvalue weighted by molar-refractivity contribution is 0.0484. The molecule has 2 aliphatic heterocycles. The molecular weight excluding hydrogens is 422 g/mol. The third-order valence-corrected chi connectivity index (χ3v) is 7.04. The summed E-state index contributed by atoms with van der Waals surface area (Å²) >= 11 is 1.73. The molecule has 0 unspecified atom stereocenters. The number of furan rings is 1. The number of amides is 1. The Morgan fingerprint density at radius 1 is 1.22 bits per heavy atom. The minimum atomic E-state index is -0.101. The molecule has 0 radical (unpaired) electrons. The minimum absolute atomic E-state index is 0.0710. The van der Waals surface area contributed by atoms with Gasteiger partial charge in [0.15, 0.2) is 5.76 Å². The molecule has 0 aliphatic carbocycles. The molecule has 5 rings (SSSR count). The zero-order valence-electron chi connectivity index (χ0n) is 18.5. The molecule has 3 aromatic rings. The summed E-state index contributed by atoms with van der Waals surface area (Å²) in [4.78, 5) is 23.8. The van der Waals surface area contributed by atoms with Crippen molar-refractivity contribution in [2.45, 2.75) is 43.2 Å². The Morgan fingerprint density at radius 3 is 2.81 bits per heavy atom. The fraction of sp³-hybridized carbons (Fsp3) is 0.440. The van der Waals surface area contributed by atoms with Gasteiger partial charge in [-0.15, -0.1) is 11.8 Å². The van der Waals surface area contributed by atoms with Crippen LogP contribution in [0.25, 0.3) is 10.9 Å². The van der Waals surface area contributed by atoms with Crippen molar-refractivity contribution >= 4 is 34.4 Å². The van der Waals surface area contributed by atoms with E-state index in [1.165, 1.54) is 17.7 Å². The molecule has 6 nitrogen and oxygen atoms in total. The van der Waals surface area contributed by atoms with Gasteiger partial charge >= 0.3 is 0 Å². The molecule has 2 aromatic heterocycles. The van der Waals surface area contributed by atoms with Gasteiger partial charge < -0.3 is 19.0 Å². The van der Waals surface area contributed by atoms with Crippen molar-refractivity contribution in [1.82, 2.24) is 9.88 Å². The van der Waals surface area contributed by atoms with Crippen LogP contribution >= 0.6 is 11.8 Å². The molecule has 1 atom stereocenters. The second kappa shape index (κ2) is 9.55. The van der Waals surface area contributed by atoms with E-state index < -0.39 is 0 Å². The Balaban J connectivity index is 1.52. The number of benzene rings is 1. The van der Waals surface area contributed by atoms with E-state index in [0.29, 0.717) is 18.8 Å². The van der Waals surface area contributed by atoms with E-state index in [-0.39, 0.29) is 12.0 Å². The zero-order valence-corrected chi connectivity index (χ0v) is 19.3. The third kappa shape index (κ3) is 4.50. The van der Waals surface area contributed by atoms with Crippen LogP contribution in [0.4, 0.5) is 5.82 Å². The van der Waals surface area contributed by atoms with Gasteiger partial charge in [0.1, 0.15) is 5.82 Å². The van der Waals surface area contributed by atoms with Gasteiger partial charge in [-0.3, -0.25) is 4.79 Å². The van der Waals surface area contributed by atoms with E-state index in [9.17, 15) is 4.79 Å². The summed E-state index contributed by atoms with van der Waals surface area (Å²) in [5.41, 5.74) is 2.08. The van der Waals surface area contributed by atoms with Gasteiger partial charge in [-0.2, -0.15) is 0 Å². The average Bonchev–Trinajstić information content (AvgIpc) is 3.61. The quantitative estimate of drug-likeness (QED) is 0.473. The molecule has 168 valence electrons. The number of hydrogen-bond acceptors (Lipinski definition) is 6. The number of anilines is 1. The standard InChI is InChI=1S/C25H29N3O3S/c1-32-21-9-8-18-14-19(24(26-22(18)15-21)27-10-2-3-11-27)16-28(17-20-6-4-12-30-20)25(29)23-7-5-13-31-23/h5,7-9,13-15,20H,2-4,6,10-12,16-17H2,1H3/t20-/m0/s1. The van der Waals surface area contributed by atoms with E-state index in [2.05, 4.69) is 35.4 Å². The maximum atomic E-state index is 13.3. The molecule has 1 aromatic carbocycles. The van der Waals surface area contributed by atoms with E-state index >= 15 is 0 Å². The molecule has 32 heavy (non-hydrogen) atoms. The highest BCUT2D eigenvalue weighted by molar-refractivity contribution is 7.98. The summed E-state index contributed by atoms with van der Waals surface area (Å²) in [7, 11) is 0. The number of fused-ring (bicyclic) bond motifs is 1. The maximum Gasteiger partial charge on any atom is 0.289 e. The molecule has 0 bridgehead atoms. The fourth-order valence-electron chi connectivity index (χ4n) is 4.64. The number of hydrogen-bond donors (Lipinski definition) is 0. The highest BCUT2D eigenvalue weighted by Gasteiger charge is 2.27. The van der Waals surface area contributed by atoms with Gasteiger partial charge in [0.05, 0.1) is 17.9 Å². The summed E-state index contributed by atoms with van der Waals surface area (Å²) in [6.45, 7) is 3.82. The van der Waals surface area contributed by atoms with Crippen molar-refractivity contribution in [3.63, 3.8) is 0 Å². The zero-order chi connectivity index (χ0) is 21.9. The molecule has 1 amide bonds. The molecule has 0 N–H and O–H groups in total. The van der Waals surface area contributed by atoms with Crippen molar-refractivity contribution in [2.75, 3.05) is 37.4 Å². The van der Waals surface area contributed by atoms with Gasteiger partial charge in [-0.05, 0) is 62.3 Å². The molecule has 7 heteroatoms. The first-order valence-corrected chi connectivity index (χ1v) is 12.6. The predicted octanol–water partition coefficient (Wildman–Crippen LogP) is 4.97. The highest BCUT2D eigenvalue weighted by atomic mass is 32.2. The van der Waals surface area contributed by atoms with Crippen LogP contribution in [-0.4, -0.2) is 54.4 Å². The lowest BCUT2D eigenvalue weighted by Gasteiger charge is -2.28. The van der Waals surface area contributed by atoms with Gasteiger partial charge in [-0.25, -0.2) is 4.98 Å². The summed E-state index contributed by atoms with van der Waals surface area (Å²) in [5, 5.41) is 1.10. The van der Waals surface area contributed by atoms with Crippen LogP contribution in [0.5, 0.6) is 0 Å². The van der Waals surface area contributed by atoms with Crippen LogP contribution in [0.2, 0.25) is 0 Å². The smallest absolute Gasteiger partial charge is 0.289 e. The predicted molar refractivity (Wildman–Crippen MR) is 127 cm³/mol. The van der Waals surface area contributed by atoms with Crippen LogP contribution in [0, 0.1) is 0 Å². The van der Waals surface area contributed by atoms with E-state index in [4.69, 9.17) is 14.1 Å². The molecule has 0 saturated carbocycles. The normalized spacial score (nSPS) is 18.5. The van der Waals surface area contributed by atoms with Crippen molar-refractivity contribution < 1.29 is 13.9 Å². The van der Waals surface area contributed by atoms with Crippen molar-refractivity contribution in [3.8, 4) is 0 Å². The van der Waals surface area contributed by atoms with E-state index in [0.717, 1.165) is 54.8 Å². The third-order valence-electron chi connectivity index (χ3n) is 6.31. The summed E-state index contributed by atoms with van der Waals surface area (Å²) in [6, 6.07) is 12.1. The molecule has 2 aliphatic rings. The Bertz CT molecular complexity index is 1070. The number of ether oxygens (including phenoxy) is 1. The van der Waals surface area contributed by atoms with Gasteiger partial charge in [0, 0.05) is 48.6 Å². The van der Waals surface area contributed by atoms with E-state index in [1.807, 2.05) is 4.90 Å². The maximum absolute atomic E-state index is 13.3. The Morgan fingerprint density at radius 2 is 2.09 bits per heavy atom. The largest absolute Gasteiger partial charge is 0.459 e. The Hall–Kier alpha value is -2.51. The second-order valence-corrected chi connectivity index (χ2v) is 9.40. The van der Waals surface area contributed by atoms with E-state index in [1.54, 1.807) is 30.2 Å². The molecule has 0 spiro atoms. The first kappa shape index (κ1) is 21.3. The molecule has 4 heterocycles. The summed E-state index contributed by atoms with van der Waals surface area (Å²) < 4.78 is 11.3. The van der Waals surface area contributed by atoms with Crippen LogP contribution in [0.1, 0.15) is 41.8 Å². The first-order valence-electron chi connectivity index (χ1n) is 11.4. The Kier molecular flexibility index (Phi) is 6.37. The van der Waals surface area contributed by atoms with Crippen molar-refractivity contribution in [1.29, 1.82) is 0 Å². The number of nitrogens with zero attached hydrogens (tertiary/aromatic N) is 3. The number of carbonyl (C=O) groups excluding carboxylic acids is 1. The van der Waals surface area contributed by atoms with Gasteiger partial charge in [0.2, 0.25) is 0 Å². The van der Waals surface area contributed by atoms with Crippen LogP contribution in [0.15, 0.2) is 52.0 Å². The average molecular weight is 452 g/mol. The van der Waals surface area contributed by atoms with Crippen LogP contribution in [0.3, 0.4) is 0 Å². The van der Waals surface area contributed by atoms with Crippen LogP contribution < -0.4 is 4.90 Å². The minimum Gasteiger partial charge on any atom is -0.459 e. The SMILES string of the molecule is CSc1ccc2cc(CN(C[C@@H]3CCCO3)C(=O)c3ccco3)c(N3CCCC3)nc2c1. The number of rotatable bonds is 7. The summed E-state index contributed by atoms with van der Waals surface area (Å²) in [6.07, 6.45) is 8.08. The lowest BCUT2D eigenvalue weighted by Crippen LogP contribution is -2.37. The summed E-state index contributed by atoms with van der Waals surface area (Å²) in [5.74, 6) is 1.26. The number of pyridine rings is 1. The first-order chi connectivity index (χ1) is 15.7. The number of carbonyl (C=O) groups is 1. The molecule has 2 saturated heterocycles. The molecule has 2 fully saturated rings. The lowest BCUT2D eigenvalue weighted by atomic mass is 10.1.